The maximum absolute atomic E-state index is 6.05. The molecule has 0 aromatic carbocycles. The lowest BCUT2D eigenvalue weighted by Gasteiger charge is -2.36. The van der Waals surface area contributed by atoms with E-state index in [1.807, 2.05) is 24.6 Å². The van der Waals surface area contributed by atoms with Gasteiger partial charge in [0.2, 0.25) is 0 Å². The van der Waals surface area contributed by atoms with Crippen LogP contribution in [0.1, 0.15) is 16.5 Å². The molecule has 0 radical (unpaired) electrons. The highest BCUT2D eigenvalue weighted by Crippen LogP contribution is 2.23. The molecule has 2 aromatic rings. The van der Waals surface area contributed by atoms with Crippen molar-refractivity contribution >= 4 is 52.9 Å². The van der Waals surface area contributed by atoms with Gasteiger partial charge >= 0.3 is 0 Å². The number of methoxy groups -OCH3 is 1. The Kier molecular flexibility index (Phi) is 10.1. The van der Waals surface area contributed by atoms with E-state index in [1.54, 1.807) is 18.4 Å². The number of ether oxygens (including phenoxy) is 1. The number of aliphatic imine (C=N–C) groups is 1. The van der Waals surface area contributed by atoms with Gasteiger partial charge in [-0.25, -0.2) is 4.99 Å². The third-order valence-corrected chi connectivity index (χ3v) is 6.04. The SMILES string of the molecule is COCCNC(=NCc1nnc(C)n1C)N1CCN(Cc2ccc(Cl)s2)CC1.I. The molecule has 8 nitrogen and oxygen atoms in total. The predicted molar refractivity (Wildman–Crippen MR) is 128 cm³/mol. The quantitative estimate of drug-likeness (QED) is 0.246. The number of thiophene rings is 1. The van der Waals surface area contributed by atoms with Crippen LogP contribution in [0.25, 0.3) is 0 Å². The Morgan fingerprint density at radius 1 is 1.28 bits per heavy atom. The van der Waals surface area contributed by atoms with Crippen LogP contribution in [-0.2, 0) is 24.9 Å². The van der Waals surface area contributed by atoms with Gasteiger partial charge in [-0.1, -0.05) is 11.6 Å². The number of halogens is 2. The van der Waals surface area contributed by atoms with Crippen LogP contribution in [0.5, 0.6) is 0 Å². The average Bonchev–Trinajstić information content (AvgIpc) is 3.24. The van der Waals surface area contributed by atoms with Crippen LogP contribution in [0, 0.1) is 6.92 Å². The molecule has 162 valence electrons. The summed E-state index contributed by atoms with van der Waals surface area (Å²) in [5.41, 5.74) is 0. The second-order valence-electron chi connectivity index (χ2n) is 6.75. The normalized spacial score (nSPS) is 15.4. The van der Waals surface area contributed by atoms with Gasteiger partial charge in [0.15, 0.2) is 11.8 Å². The topological polar surface area (TPSA) is 70.8 Å². The molecular formula is C18H29ClIN7OS. The van der Waals surface area contributed by atoms with Gasteiger partial charge in [-0.2, -0.15) is 0 Å². The molecule has 0 atom stereocenters. The number of guanidine groups is 1. The molecule has 1 N–H and O–H groups in total. The predicted octanol–water partition coefficient (Wildman–Crippen LogP) is 2.37. The van der Waals surface area contributed by atoms with E-state index in [-0.39, 0.29) is 24.0 Å². The second-order valence-corrected chi connectivity index (χ2v) is 8.55. The lowest BCUT2D eigenvalue weighted by Crippen LogP contribution is -2.52. The van der Waals surface area contributed by atoms with Crippen molar-refractivity contribution in [2.75, 3.05) is 46.4 Å². The van der Waals surface area contributed by atoms with Gasteiger partial charge in [0, 0.05) is 58.3 Å². The van der Waals surface area contributed by atoms with Gasteiger partial charge in [-0.15, -0.1) is 45.5 Å². The summed E-state index contributed by atoms with van der Waals surface area (Å²) in [7, 11) is 3.67. The highest BCUT2D eigenvalue weighted by molar-refractivity contribution is 14.0. The Hall–Kier alpha value is -0.950. The Morgan fingerprint density at radius 3 is 2.62 bits per heavy atom. The third-order valence-electron chi connectivity index (χ3n) is 4.82. The standard InChI is InChI=1S/C18H28ClN7OS.HI/c1-14-22-23-17(24(14)2)12-21-18(20-6-11-27-3)26-9-7-25(8-10-26)13-15-4-5-16(19)28-15;/h4-5H,6-13H2,1-3H3,(H,20,21);1H. The zero-order valence-electron chi connectivity index (χ0n) is 17.1. The van der Waals surface area contributed by atoms with Gasteiger partial charge in [0.25, 0.3) is 0 Å². The molecule has 1 saturated heterocycles. The van der Waals surface area contributed by atoms with Crippen molar-refractivity contribution in [3.05, 3.63) is 33.0 Å². The van der Waals surface area contributed by atoms with E-state index in [0.717, 1.165) is 61.2 Å². The maximum Gasteiger partial charge on any atom is 0.194 e. The first-order valence-corrected chi connectivity index (χ1v) is 10.6. The Balaban J connectivity index is 0.00000300. The van der Waals surface area contributed by atoms with E-state index in [1.165, 1.54) is 4.88 Å². The highest BCUT2D eigenvalue weighted by atomic mass is 127. The van der Waals surface area contributed by atoms with Crippen molar-refractivity contribution in [1.82, 2.24) is 29.9 Å². The van der Waals surface area contributed by atoms with Crippen LogP contribution in [-0.4, -0.2) is 77.0 Å². The van der Waals surface area contributed by atoms with Crippen molar-refractivity contribution in [3.63, 3.8) is 0 Å². The Labute approximate surface area is 198 Å². The highest BCUT2D eigenvalue weighted by Gasteiger charge is 2.20. The molecule has 11 heteroatoms. The first kappa shape index (κ1) is 24.3. The Morgan fingerprint density at radius 2 is 2.03 bits per heavy atom. The van der Waals surface area contributed by atoms with Gasteiger partial charge in [0.05, 0.1) is 10.9 Å². The van der Waals surface area contributed by atoms with Gasteiger partial charge in [-0.05, 0) is 19.1 Å². The molecular weight excluding hydrogens is 525 g/mol. The Bertz CT molecular complexity index is 789. The van der Waals surface area contributed by atoms with E-state index >= 15 is 0 Å². The lowest BCUT2D eigenvalue weighted by atomic mass is 10.3. The summed E-state index contributed by atoms with van der Waals surface area (Å²) in [6.45, 7) is 8.59. The van der Waals surface area contributed by atoms with E-state index in [9.17, 15) is 0 Å². The largest absolute Gasteiger partial charge is 0.383 e. The number of hydrogen-bond acceptors (Lipinski definition) is 6. The smallest absolute Gasteiger partial charge is 0.194 e. The fraction of sp³-hybridized carbons (Fsp3) is 0.611. The molecule has 0 saturated carbocycles. The fourth-order valence-electron chi connectivity index (χ4n) is 3.04. The fourth-order valence-corrected chi connectivity index (χ4v) is 4.17. The molecule has 29 heavy (non-hydrogen) atoms. The number of nitrogens with one attached hydrogen (secondary N) is 1. The molecule has 3 rings (SSSR count). The van der Waals surface area contributed by atoms with Crippen molar-refractivity contribution < 1.29 is 4.74 Å². The number of hydrogen-bond donors (Lipinski definition) is 1. The molecule has 0 amide bonds. The minimum absolute atomic E-state index is 0. The molecule has 0 aliphatic carbocycles. The van der Waals surface area contributed by atoms with Crippen molar-refractivity contribution in [2.24, 2.45) is 12.0 Å². The van der Waals surface area contributed by atoms with Crippen LogP contribution >= 0.6 is 46.9 Å². The first-order valence-electron chi connectivity index (χ1n) is 9.40. The van der Waals surface area contributed by atoms with E-state index < -0.39 is 0 Å². The van der Waals surface area contributed by atoms with Gasteiger partial charge in [-0.3, -0.25) is 4.90 Å². The van der Waals surface area contributed by atoms with E-state index in [2.05, 4.69) is 31.4 Å². The summed E-state index contributed by atoms with van der Waals surface area (Å²) in [6.07, 6.45) is 0. The summed E-state index contributed by atoms with van der Waals surface area (Å²) in [6, 6.07) is 4.08. The monoisotopic (exact) mass is 553 g/mol. The molecule has 2 aromatic heterocycles. The zero-order chi connectivity index (χ0) is 19.9. The van der Waals surface area contributed by atoms with E-state index in [0.29, 0.717) is 13.2 Å². The first-order chi connectivity index (χ1) is 13.6. The molecule has 0 spiro atoms. The second kappa shape index (κ2) is 12.0. The molecule has 3 heterocycles. The zero-order valence-corrected chi connectivity index (χ0v) is 21.0. The number of aromatic nitrogens is 3. The van der Waals surface area contributed by atoms with Crippen LogP contribution in [0.4, 0.5) is 0 Å². The van der Waals surface area contributed by atoms with Gasteiger partial charge in [0.1, 0.15) is 12.4 Å². The minimum Gasteiger partial charge on any atom is -0.383 e. The number of nitrogens with zero attached hydrogens (tertiary/aromatic N) is 6. The number of rotatable bonds is 7. The van der Waals surface area contributed by atoms with Crippen molar-refractivity contribution in [1.29, 1.82) is 0 Å². The third kappa shape index (κ3) is 7.06. The number of aryl methyl sites for hydroxylation is 1. The summed E-state index contributed by atoms with van der Waals surface area (Å²) >= 11 is 7.70. The summed E-state index contributed by atoms with van der Waals surface area (Å²) in [4.78, 5) is 10.9. The summed E-state index contributed by atoms with van der Waals surface area (Å²) in [5, 5.41) is 11.7. The van der Waals surface area contributed by atoms with Crippen molar-refractivity contribution in [2.45, 2.75) is 20.0 Å². The minimum atomic E-state index is 0. The van der Waals surface area contributed by atoms with Gasteiger partial charge < -0.3 is 19.5 Å². The van der Waals surface area contributed by atoms with Crippen LogP contribution in [0.2, 0.25) is 4.34 Å². The van der Waals surface area contributed by atoms with Crippen molar-refractivity contribution in [3.8, 4) is 0 Å². The molecule has 1 aliphatic heterocycles. The van der Waals surface area contributed by atoms with Crippen LogP contribution in [0.3, 0.4) is 0 Å². The number of piperazine rings is 1. The van der Waals surface area contributed by atoms with Crippen LogP contribution in [0.15, 0.2) is 17.1 Å². The van der Waals surface area contributed by atoms with E-state index in [4.69, 9.17) is 21.3 Å². The van der Waals surface area contributed by atoms with Crippen LogP contribution < -0.4 is 5.32 Å². The molecule has 0 bridgehead atoms. The lowest BCUT2D eigenvalue weighted by molar-refractivity contribution is 0.171. The average molecular weight is 554 g/mol. The molecule has 0 unspecified atom stereocenters. The molecule has 1 aliphatic rings. The summed E-state index contributed by atoms with van der Waals surface area (Å²) < 4.78 is 7.99. The molecule has 1 fully saturated rings. The maximum atomic E-state index is 6.05. The summed E-state index contributed by atoms with van der Waals surface area (Å²) in [5.74, 6) is 2.65.